The number of hydrogen-bond acceptors (Lipinski definition) is 4. The lowest BCUT2D eigenvalue weighted by Gasteiger charge is -2.37. The van der Waals surface area contributed by atoms with E-state index in [0.717, 1.165) is 41.2 Å². The van der Waals surface area contributed by atoms with Crippen LogP contribution in [0.15, 0.2) is 78.9 Å². The molecule has 2 aliphatic rings. The molecule has 0 amide bonds. The molecular formula is C29H33NO3. The first-order chi connectivity index (χ1) is 16.3. The van der Waals surface area contributed by atoms with E-state index in [1.165, 1.54) is 38.9 Å². The summed E-state index contributed by atoms with van der Waals surface area (Å²) in [5.74, 6) is 1.47. The maximum absolute atomic E-state index is 11.0. The van der Waals surface area contributed by atoms with Crippen LogP contribution in [-0.4, -0.2) is 42.5 Å². The van der Waals surface area contributed by atoms with Gasteiger partial charge in [0.2, 0.25) is 6.29 Å². The quantitative estimate of drug-likeness (QED) is 0.462. The van der Waals surface area contributed by atoms with E-state index in [1.807, 2.05) is 36.4 Å². The molecule has 0 radical (unpaired) electrons. The number of nitrogens with zero attached hydrogens (tertiary/aromatic N) is 1. The van der Waals surface area contributed by atoms with Crippen molar-refractivity contribution in [3.8, 4) is 11.5 Å². The normalized spacial score (nSPS) is 22.5. The molecule has 33 heavy (non-hydrogen) atoms. The standard InChI is InChI=1S/C29H33NO3/c31-29-28(22-10-2-1-3-11-22)27(25-12-4-5-13-26(25)33-29)23-14-16-24(17-15-23)32-21-9-8-20-30-18-6-7-19-30/h1-5,10-17,27-29,31H,6-9,18-21H2. The molecule has 4 heteroatoms. The SMILES string of the molecule is OC1Oc2ccccc2C(c2ccc(OCCCCN3CCCC3)cc2)C1c1ccccc1. The van der Waals surface area contributed by atoms with Gasteiger partial charge >= 0.3 is 0 Å². The van der Waals surface area contributed by atoms with Gasteiger partial charge in [0.1, 0.15) is 11.5 Å². The van der Waals surface area contributed by atoms with Crippen molar-refractivity contribution in [2.45, 2.75) is 43.8 Å². The van der Waals surface area contributed by atoms with Crippen molar-refractivity contribution in [1.29, 1.82) is 0 Å². The van der Waals surface area contributed by atoms with Crippen LogP contribution in [0, 0.1) is 0 Å². The first-order valence-electron chi connectivity index (χ1n) is 12.2. The molecule has 1 saturated heterocycles. The molecule has 172 valence electrons. The van der Waals surface area contributed by atoms with Gasteiger partial charge in [-0.05, 0) is 74.6 Å². The van der Waals surface area contributed by atoms with Gasteiger partial charge in [0.25, 0.3) is 0 Å². The fourth-order valence-corrected chi connectivity index (χ4v) is 5.23. The van der Waals surface area contributed by atoms with Crippen LogP contribution in [0.2, 0.25) is 0 Å². The third-order valence-corrected chi connectivity index (χ3v) is 6.93. The second-order valence-corrected chi connectivity index (χ2v) is 9.13. The van der Waals surface area contributed by atoms with Crippen LogP contribution in [0.1, 0.15) is 54.2 Å². The first-order valence-corrected chi connectivity index (χ1v) is 12.2. The zero-order valence-corrected chi connectivity index (χ0v) is 19.1. The Morgan fingerprint density at radius 1 is 0.818 bits per heavy atom. The van der Waals surface area contributed by atoms with Gasteiger partial charge in [-0.1, -0.05) is 60.7 Å². The highest BCUT2D eigenvalue weighted by atomic mass is 16.6. The summed E-state index contributed by atoms with van der Waals surface area (Å²) in [6.07, 6.45) is 4.06. The van der Waals surface area contributed by atoms with Crippen molar-refractivity contribution in [2.24, 2.45) is 0 Å². The van der Waals surface area contributed by atoms with Crippen molar-refractivity contribution in [3.63, 3.8) is 0 Å². The molecule has 3 aromatic rings. The third-order valence-electron chi connectivity index (χ3n) is 6.93. The van der Waals surface area contributed by atoms with Crippen LogP contribution in [0.4, 0.5) is 0 Å². The first kappa shape index (κ1) is 22.0. The van der Waals surface area contributed by atoms with Crippen molar-refractivity contribution in [2.75, 3.05) is 26.2 Å². The summed E-state index contributed by atoms with van der Waals surface area (Å²) in [7, 11) is 0. The zero-order valence-electron chi connectivity index (χ0n) is 19.1. The summed E-state index contributed by atoms with van der Waals surface area (Å²) in [5.41, 5.74) is 3.33. The summed E-state index contributed by atoms with van der Waals surface area (Å²) in [6, 6.07) is 26.6. The van der Waals surface area contributed by atoms with Gasteiger partial charge in [-0.15, -0.1) is 0 Å². The van der Waals surface area contributed by atoms with Gasteiger partial charge in [0, 0.05) is 11.5 Å². The number of para-hydroxylation sites is 1. The molecule has 0 aliphatic carbocycles. The molecule has 3 aromatic carbocycles. The van der Waals surface area contributed by atoms with Crippen molar-refractivity contribution >= 4 is 0 Å². The topological polar surface area (TPSA) is 41.9 Å². The van der Waals surface area contributed by atoms with Crippen LogP contribution < -0.4 is 9.47 Å². The Balaban J connectivity index is 1.29. The van der Waals surface area contributed by atoms with Crippen molar-refractivity contribution in [1.82, 2.24) is 4.90 Å². The fraction of sp³-hybridized carbons (Fsp3) is 0.379. The van der Waals surface area contributed by atoms with E-state index in [1.54, 1.807) is 0 Å². The Morgan fingerprint density at radius 3 is 2.33 bits per heavy atom. The Bertz CT molecular complexity index is 1010. The molecule has 1 fully saturated rings. The van der Waals surface area contributed by atoms with Crippen LogP contribution in [0.25, 0.3) is 0 Å². The molecule has 3 unspecified atom stereocenters. The maximum Gasteiger partial charge on any atom is 0.205 e. The molecule has 5 rings (SSSR count). The predicted molar refractivity (Wildman–Crippen MR) is 131 cm³/mol. The van der Waals surface area contributed by atoms with Crippen LogP contribution in [-0.2, 0) is 0 Å². The van der Waals surface area contributed by atoms with Gasteiger partial charge in [-0.25, -0.2) is 0 Å². The lowest BCUT2D eigenvalue weighted by molar-refractivity contribution is -0.0530. The van der Waals surface area contributed by atoms with E-state index in [-0.39, 0.29) is 11.8 Å². The summed E-state index contributed by atoms with van der Waals surface area (Å²) >= 11 is 0. The maximum atomic E-state index is 11.0. The third kappa shape index (κ3) is 5.07. The average molecular weight is 444 g/mol. The summed E-state index contributed by atoms with van der Waals surface area (Å²) in [6.45, 7) is 4.46. The smallest absolute Gasteiger partial charge is 0.205 e. The molecule has 2 heterocycles. The number of unbranched alkanes of at least 4 members (excludes halogenated alkanes) is 1. The second kappa shape index (κ2) is 10.4. The van der Waals surface area contributed by atoms with Gasteiger partial charge in [0.05, 0.1) is 12.5 Å². The minimum atomic E-state index is -0.904. The van der Waals surface area contributed by atoms with Gasteiger partial charge in [-0.2, -0.15) is 0 Å². The Hall–Kier alpha value is -2.82. The van der Waals surface area contributed by atoms with E-state index < -0.39 is 6.29 Å². The van der Waals surface area contributed by atoms with E-state index in [9.17, 15) is 5.11 Å². The van der Waals surface area contributed by atoms with Crippen LogP contribution >= 0.6 is 0 Å². The van der Waals surface area contributed by atoms with E-state index in [4.69, 9.17) is 9.47 Å². The molecule has 2 aliphatic heterocycles. The molecule has 0 spiro atoms. The zero-order chi connectivity index (χ0) is 22.5. The van der Waals surface area contributed by atoms with Crippen LogP contribution in [0.3, 0.4) is 0 Å². The minimum absolute atomic E-state index is 0.00172. The fourth-order valence-electron chi connectivity index (χ4n) is 5.23. The largest absolute Gasteiger partial charge is 0.494 e. The number of hydrogen-bond donors (Lipinski definition) is 1. The minimum Gasteiger partial charge on any atom is -0.494 e. The van der Waals surface area contributed by atoms with Gasteiger partial charge in [0.15, 0.2) is 0 Å². The molecular weight excluding hydrogens is 410 g/mol. The number of aliphatic hydroxyl groups is 1. The molecule has 0 saturated carbocycles. The Morgan fingerprint density at radius 2 is 1.55 bits per heavy atom. The molecule has 0 bridgehead atoms. The lowest BCUT2D eigenvalue weighted by Crippen LogP contribution is -2.34. The second-order valence-electron chi connectivity index (χ2n) is 9.13. The van der Waals surface area contributed by atoms with E-state index >= 15 is 0 Å². The van der Waals surface area contributed by atoms with Gasteiger partial charge < -0.3 is 19.5 Å². The van der Waals surface area contributed by atoms with Gasteiger partial charge in [-0.3, -0.25) is 0 Å². The van der Waals surface area contributed by atoms with E-state index in [2.05, 4.69) is 47.4 Å². The Labute approximate surface area is 196 Å². The van der Waals surface area contributed by atoms with E-state index in [0.29, 0.717) is 0 Å². The van der Waals surface area contributed by atoms with Crippen molar-refractivity contribution in [3.05, 3.63) is 95.6 Å². The Kier molecular flexibility index (Phi) is 6.94. The number of rotatable bonds is 8. The predicted octanol–water partition coefficient (Wildman–Crippen LogP) is 5.57. The highest BCUT2D eigenvalue weighted by Crippen LogP contribution is 2.48. The number of likely N-dealkylation sites (tertiary alicyclic amines) is 1. The molecule has 0 aromatic heterocycles. The number of fused-ring (bicyclic) bond motifs is 1. The molecule has 1 N–H and O–H groups in total. The highest BCUT2D eigenvalue weighted by Gasteiger charge is 2.39. The molecule has 3 atom stereocenters. The lowest BCUT2D eigenvalue weighted by atomic mass is 9.75. The molecule has 4 nitrogen and oxygen atoms in total. The van der Waals surface area contributed by atoms with Crippen LogP contribution in [0.5, 0.6) is 11.5 Å². The summed E-state index contributed by atoms with van der Waals surface area (Å²) in [5, 5.41) is 11.0. The average Bonchev–Trinajstić information content (AvgIpc) is 3.38. The number of aliphatic hydroxyl groups excluding tert-OH is 1. The summed E-state index contributed by atoms with van der Waals surface area (Å²) < 4.78 is 11.9. The summed E-state index contributed by atoms with van der Waals surface area (Å²) in [4.78, 5) is 2.55. The van der Waals surface area contributed by atoms with Crippen molar-refractivity contribution < 1.29 is 14.6 Å². The monoisotopic (exact) mass is 443 g/mol. The number of benzene rings is 3. The number of ether oxygens (including phenoxy) is 2. The highest BCUT2D eigenvalue weighted by molar-refractivity contribution is 5.48.